The predicted octanol–water partition coefficient (Wildman–Crippen LogP) is 3.29. The SMILES string of the molecule is O=C(Cc1ccc2ncnc(Nc3cccc(Cl)c3)c2c1)c1ncn2c(=O)n(CCCl)nnc12. The number of aryl methyl sites for hydroxylation is 1. The number of Topliss-reactive ketones (excluding diaryl/α,β-unsaturated/α-hetero) is 1. The molecular weight excluding hydrogens is 479 g/mol. The second-order valence-corrected chi connectivity index (χ2v) is 8.19. The Hall–Kier alpha value is -3.89. The van der Waals surface area contributed by atoms with Gasteiger partial charge in [0.1, 0.15) is 18.5 Å². The van der Waals surface area contributed by atoms with E-state index in [0.29, 0.717) is 16.4 Å². The van der Waals surface area contributed by atoms with Crippen molar-refractivity contribution in [3.63, 3.8) is 0 Å². The maximum absolute atomic E-state index is 13.0. The quantitative estimate of drug-likeness (QED) is 0.270. The van der Waals surface area contributed by atoms with Gasteiger partial charge in [-0.25, -0.2) is 24.1 Å². The third-order valence-electron chi connectivity index (χ3n) is 5.13. The zero-order chi connectivity index (χ0) is 23.7. The monoisotopic (exact) mass is 494 g/mol. The maximum Gasteiger partial charge on any atom is 0.353 e. The van der Waals surface area contributed by atoms with Gasteiger partial charge in [-0.2, -0.15) is 4.68 Å². The molecule has 3 aromatic heterocycles. The first-order valence-corrected chi connectivity index (χ1v) is 11.1. The first kappa shape index (κ1) is 21.9. The summed E-state index contributed by atoms with van der Waals surface area (Å²) in [7, 11) is 0. The number of carbonyl (C=O) groups is 1. The number of aromatic nitrogens is 7. The lowest BCUT2D eigenvalue weighted by molar-refractivity contribution is 0.0990. The molecule has 0 amide bonds. The van der Waals surface area contributed by atoms with Gasteiger partial charge in [0.05, 0.1) is 12.1 Å². The zero-order valence-electron chi connectivity index (χ0n) is 17.5. The molecule has 10 nitrogen and oxygen atoms in total. The molecule has 0 spiro atoms. The number of imidazole rings is 1. The molecular formula is C22H16Cl2N8O2. The van der Waals surface area contributed by atoms with Crippen LogP contribution in [0.2, 0.25) is 5.02 Å². The fourth-order valence-electron chi connectivity index (χ4n) is 3.54. The number of anilines is 2. The number of alkyl halides is 1. The normalized spacial score (nSPS) is 11.2. The second-order valence-electron chi connectivity index (χ2n) is 7.38. The molecule has 0 aliphatic rings. The third kappa shape index (κ3) is 4.20. The van der Waals surface area contributed by atoms with E-state index in [0.717, 1.165) is 21.3 Å². The van der Waals surface area contributed by atoms with E-state index >= 15 is 0 Å². The van der Waals surface area contributed by atoms with Crippen molar-refractivity contribution in [1.82, 2.24) is 34.3 Å². The highest BCUT2D eigenvalue weighted by Crippen LogP contribution is 2.26. The van der Waals surface area contributed by atoms with E-state index in [9.17, 15) is 9.59 Å². The van der Waals surface area contributed by atoms with E-state index in [4.69, 9.17) is 23.2 Å². The Kier molecular flexibility index (Phi) is 5.91. The Bertz CT molecular complexity index is 1600. The fourth-order valence-corrected chi connectivity index (χ4v) is 3.89. The van der Waals surface area contributed by atoms with Gasteiger partial charge in [-0.3, -0.25) is 4.79 Å². The molecule has 0 unspecified atom stereocenters. The Morgan fingerprint density at radius 1 is 1.09 bits per heavy atom. The van der Waals surface area contributed by atoms with Crippen molar-refractivity contribution in [1.29, 1.82) is 0 Å². The number of rotatable bonds is 7. The third-order valence-corrected chi connectivity index (χ3v) is 5.53. The molecule has 0 radical (unpaired) electrons. The molecule has 5 rings (SSSR count). The van der Waals surface area contributed by atoms with E-state index in [1.807, 2.05) is 30.3 Å². The number of hydrogen-bond donors (Lipinski definition) is 1. The van der Waals surface area contributed by atoms with E-state index in [1.54, 1.807) is 12.1 Å². The van der Waals surface area contributed by atoms with E-state index in [-0.39, 0.29) is 36.0 Å². The minimum absolute atomic E-state index is 0.0422. The van der Waals surface area contributed by atoms with Crippen molar-refractivity contribution in [2.75, 3.05) is 11.2 Å². The number of halogens is 2. The molecule has 0 saturated carbocycles. The molecule has 1 N–H and O–H groups in total. The van der Waals surface area contributed by atoms with E-state index < -0.39 is 5.69 Å². The van der Waals surface area contributed by atoms with Crippen LogP contribution in [0.5, 0.6) is 0 Å². The van der Waals surface area contributed by atoms with Gasteiger partial charge >= 0.3 is 5.69 Å². The van der Waals surface area contributed by atoms with Crippen molar-refractivity contribution in [3.8, 4) is 0 Å². The number of ketones is 1. The van der Waals surface area contributed by atoms with Gasteiger partial charge in [0.25, 0.3) is 0 Å². The van der Waals surface area contributed by atoms with Crippen LogP contribution in [-0.2, 0) is 13.0 Å². The van der Waals surface area contributed by atoms with Crippen LogP contribution in [0.3, 0.4) is 0 Å². The molecule has 2 aromatic carbocycles. The van der Waals surface area contributed by atoms with Crippen molar-refractivity contribution in [3.05, 3.63) is 81.9 Å². The molecule has 3 heterocycles. The Morgan fingerprint density at radius 3 is 2.79 bits per heavy atom. The fraction of sp³-hybridized carbons (Fsp3) is 0.136. The lowest BCUT2D eigenvalue weighted by atomic mass is 10.0. The summed E-state index contributed by atoms with van der Waals surface area (Å²) in [5.74, 6) is 0.493. The highest BCUT2D eigenvalue weighted by molar-refractivity contribution is 6.30. The number of fused-ring (bicyclic) bond motifs is 2. The minimum atomic E-state index is -0.461. The summed E-state index contributed by atoms with van der Waals surface area (Å²) in [5.41, 5.74) is 1.94. The zero-order valence-corrected chi connectivity index (χ0v) is 19.0. The molecule has 0 aliphatic carbocycles. The highest BCUT2D eigenvalue weighted by atomic mass is 35.5. The van der Waals surface area contributed by atoms with Crippen LogP contribution in [0.1, 0.15) is 16.1 Å². The van der Waals surface area contributed by atoms with Crippen molar-refractivity contribution >= 4 is 57.0 Å². The molecule has 34 heavy (non-hydrogen) atoms. The predicted molar refractivity (Wildman–Crippen MR) is 128 cm³/mol. The Labute approximate surface area is 202 Å². The Balaban J connectivity index is 1.45. The summed E-state index contributed by atoms with van der Waals surface area (Å²) in [6.07, 6.45) is 2.78. The maximum atomic E-state index is 13.0. The molecule has 0 bridgehead atoms. The van der Waals surface area contributed by atoms with E-state index in [1.165, 1.54) is 17.1 Å². The summed E-state index contributed by atoms with van der Waals surface area (Å²) in [4.78, 5) is 38.2. The molecule has 0 saturated heterocycles. The second kappa shape index (κ2) is 9.16. The topological polar surface area (TPSA) is 120 Å². The van der Waals surface area contributed by atoms with Gasteiger partial charge in [-0.05, 0) is 35.9 Å². The molecule has 5 aromatic rings. The molecule has 12 heteroatoms. The Morgan fingerprint density at radius 2 is 1.97 bits per heavy atom. The van der Waals surface area contributed by atoms with Gasteiger partial charge in [0.2, 0.25) is 0 Å². The molecule has 0 atom stereocenters. The van der Waals surface area contributed by atoms with Gasteiger partial charge in [0, 0.05) is 28.4 Å². The average Bonchev–Trinajstić information content (AvgIpc) is 3.27. The molecule has 170 valence electrons. The van der Waals surface area contributed by atoms with Crippen LogP contribution in [0.4, 0.5) is 11.5 Å². The van der Waals surface area contributed by atoms with Crippen molar-refractivity contribution in [2.45, 2.75) is 13.0 Å². The van der Waals surface area contributed by atoms with E-state index in [2.05, 4.69) is 30.6 Å². The largest absolute Gasteiger partial charge is 0.353 e. The lowest BCUT2D eigenvalue weighted by Gasteiger charge is -2.10. The van der Waals surface area contributed by atoms with Crippen LogP contribution in [0.25, 0.3) is 16.6 Å². The number of hydrogen-bond acceptors (Lipinski definition) is 8. The minimum Gasteiger partial charge on any atom is -0.340 e. The number of nitrogens with zero attached hydrogens (tertiary/aromatic N) is 7. The summed E-state index contributed by atoms with van der Waals surface area (Å²) >= 11 is 11.8. The number of carbonyl (C=O) groups excluding carboxylic acids is 1. The van der Waals surface area contributed by atoms with Gasteiger partial charge < -0.3 is 5.32 Å². The standard InChI is InChI=1S/C22H16Cl2N8O2/c23-6-7-32-22(34)31-12-27-19(21(31)29-30-32)18(33)9-13-4-5-17-16(8-13)20(26-11-25-17)28-15-3-1-2-14(24)10-15/h1-5,8,10-12H,6-7,9H2,(H,25,26,28). The van der Waals surface area contributed by atoms with Gasteiger partial charge in [0.15, 0.2) is 17.1 Å². The average molecular weight is 495 g/mol. The first-order chi connectivity index (χ1) is 16.5. The van der Waals surface area contributed by atoms with Crippen molar-refractivity contribution in [2.24, 2.45) is 0 Å². The van der Waals surface area contributed by atoms with Crippen LogP contribution < -0.4 is 11.0 Å². The van der Waals surface area contributed by atoms with Gasteiger partial charge in [-0.15, -0.1) is 16.7 Å². The smallest absolute Gasteiger partial charge is 0.340 e. The summed E-state index contributed by atoms with van der Waals surface area (Å²) in [5, 5.41) is 12.4. The number of nitrogens with one attached hydrogen (secondary N) is 1. The summed E-state index contributed by atoms with van der Waals surface area (Å²) in [6, 6.07) is 12.8. The molecule has 0 fully saturated rings. The van der Waals surface area contributed by atoms with Gasteiger partial charge in [-0.1, -0.05) is 28.9 Å². The summed E-state index contributed by atoms with van der Waals surface area (Å²) < 4.78 is 2.31. The highest BCUT2D eigenvalue weighted by Gasteiger charge is 2.18. The molecule has 0 aliphatic heterocycles. The van der Waals surface area contributed by atoms with Crippen molar-refractivity contribution < 1.29 is 4.79 Å². The summed E-state index contributed by atoms with van der Waals surface area (Å²) in [6.45, 7) is 0.204. The van der Waals surface area contributed by atoms with Crippen LogP contribution in [-0.4, -0.2) is 46.0 Å². The lowest BCUT2D eigenvalue weighted by Crippen LogP contribution is -2.30. The van der Waals surface area contributed by atoms with Crippen LogP contribution in [0.15, 0.2) is 59.9 Å². The van der Waals surface area contributed by atoms with Crippen LogP contribution >= 0.6 is 23.2 Å². The van der Waals surface area contributed by atoms with Crippen LogP contribution in [0, 0.1) is 0 Å². The number of benzene rings is 2. The first-order valence-electron chi connectivity index (χ1n) is 10.2.